The lowest BCUT2D eigenvalue weighted by Gasteiger charge is -2.15. The molecule has 0 saturated carbocycles. The first-order valence-corrected chi connectivity index (χ1v) is 7.68. The minimum absolute atomic E-state index is 0.410. The number of rotatable bonds is 7. The highest BCUT2D eigenvalue weighted by atomic mass is 32.2. The van der Waals surface area contributed by atoms with Crippen molar-refractivity contribution in [3.63, 3.8) is 0 Å². The fourth-order valence-electron chi connectivity index (χ4n) is 1.77. The first-order valence-electron chi connectivity index (χ1n) is 6.46. The number of nitrogens with one attached hydrogen (secondary N) is 1. The summed E-state index contributed by atoms with van der Waals surface area (Å²) in [7, 11) is 0. The van der Waals surface area contributed by atoms with Gasteiger partial charge in [0.1, 0.15) is 11.6 Å². The number of nitrogens with two attached hydrogens (primary N) is 1. The molecule has 0 bridgehead atoms. The molecule has 1 atom stereocenters. The van der Waals surface area contributed by atoms with E-state index in [2.05, 4.69) is 36.1 Å². The van der Waals surface area contributed by atoms with E-state index < -0.39 is 0 Å². The summed E-state index contributed by atoms with van der Waals surface area (Å²) in [5, 5.41) is 4.10. The molecule has 102 valence electrons. The third-order valence-electron chi connectivity index (χ3n) is 2.72. The van der Waals surface area contributed by atoms with Gasteiger partial charge in [0.2, 0.25) is 0 Å². The van der Waals surface area contributed by atoms with Gasteiger partial charge in [0.15, 0.2) is 5.16 Å². The lowest BCUT2D eigenvalue weighted by Crippen LogP contribution is -2.16. The van der Waals surface area contributed by atoms with Crippen molar-refractivity contribution in [1.82, 2.24) is 9.97 Å². The summed E-state index contributed by atoms with van der Waals surface area (Å²) >= 11 is 1.50. The average Bonchev–Trinajstić information content (AvgIpc) is 2.27. The normalized spacial score (nSPS) is 12.7. The van der Waals surface area contributed by atoms with Crippen LogP contribution in [0.1, 0.15) is 40.0 Å². The van der Waals surface area contributed by atoms with Crippen LogP contribution in [-0.2, 0) is 0 Å². The van der Waals surface area contributed by atoms with Crippen molar-refractivity contribution in [2.24, 2.45) is 5.92 Å². The van der Waals surface area contributed by atoms with Crippen molar-refractivity contribution in [2.45, 2.75) is 51.2 Å². The molecule has 3 N–H and O–H groups in total. The maximum atomic E-state index is 5.75. The van der Waals surface area contributed by atoms with Gasteiger partial charge in [-0.25, -0.2) is 9.97 Å². The zero-order chi connectivity index (χ0) is 13.5. The summed E-state index contributed by atoms with van der Waals surface area (Å²) in [5.74, 6) is 2.12. The summed E-state index contributed by atoms with van der Waals surface area (Å²) in [6.45, 7) is 6.69. The van der Waals surface area contributed by atoms with Gasteiger partial charge in [0.25, 0.3) is 0 Å². The van der Waals surface area contributed by atoms with E-state index in [1.54, 1.807) is 6.07 Å². The van der Waals surface area contributed by atoms with Gasteiger partial charge in [-0.2, -0.15) is 0 Å². The topological polar surface area (TPSA) is 63.8 Å². The van der Waals surface area contributed by atoms with Crippen LogP contribution in [0.3, 0.4) is 0 Å². The van der Waals surface area contributed by atoms with Gasteiger partial charge >= 0.3 is 0 Å². The van der Waals surface area contributed by atoms with E-state index in [0.29, 0.717) is 17.0 Å². The molecule has 0 radical (unpaired) electrons. The number of nitrogen functional groups attached to an aromatic ring is 1. The summed E-state index contributed by atoms with van der Waals surface area (Å²) in [6, 6.07) is 2.20. The highest BCUT2D eigenvalue weighted by molar-refractivity contribution is 7.98. The van der Waals surface area contributed by atoms with Gasteiger partial charge in [-0.05, 0) is 25.5 Å². The van der Waals surface area contributed by atoms with Crippen molar-refractivity contribution in [2.75, 3.05) is 17.3 Å². The van der Waals surface area contributed by atoms with E-state index in [1.807, 2.05) is 6.26 Å². The van der Waals surface area contributed by atoms with Crippen molar-refractivity contribution >= 4 is 23.4 Å². The molecule has 0 amide bonds. The second-order valence-electron chi connectivity index (χ2n) is 5.03. The van der Waals surface area contributed by atoms with Crippen LogP contribution in [0.25, 0.3) is 0 Å². The predicted molar refractivity (Wildman–Crippen MR) is 80.0 cm³/mol. The summed E-state index contributed by atoms with van der Waals surface area (Å²) < 4.78 is 0. The summed E-state index contributed by atoms with van der Waals surface area (Å²) in [6.07, 6.45) is 5.61. The Bertz CT molecular complexity index is 368. The van der Waals surface area contributed by atoms with Crippen LogP contribution in [0.15, 0.2) is 11.2 Å². The highest BCUT2D eigenvalue weighted by Gasteiger charge is 2.06. The molecule has 0 aliphatic rings. The Hall–Kier alpha value is -0.970. The molecule has 1 unspecified atom stereocenters. The molecule has 1 aromatic heterocycles. The smallest absolute Gasteiger partial charge is 0.191 e. The quantitative estimate of drug-likeness (QED) is 0.586. The minimum atomic E-state index is 0.410. The Morgan fingerprint density at radius 3 is 2.61 bits per heavy atom. The molecule has 5 heteroatoms. The fraction of sp³-hybridized carbons (Fsp3) is 0.692. The largest absolute Gasteiger partial charge is 0.383 e. The first kappa shape index (κ1) is 15.1. The van der Waals surface area contributed by atoms with Crippen molar-refractivity contribution in [1.29, 1.82) is 0 Å². The maximum absolute atomic E-state index is 5.75. The van der Waals surface area contributed by atoms with Crippen LogP contribution >= 0.6 is 11.8 Å². The zero-order valence-corrected chi connectivity index (χ0v) is 12.5. The van der Waals surface area contributed by atoms with Crippen LogP contribution in [0, 0.1) is 5.92 Å². The molecule has 18 heavy (non-hydrogen) atoms. The van der Waals surface area contributed by atoms with E-state index in [9.17, 15) is 0 Å². The van der Waals surface area contributed by atoms with E-state index >= 15 is 0 Å². The molecule has 0 saturated heterocycles. The SMILES string of the molecule is CSc1nc(N)cc(NC(C)CCCC(C)C)n1. The van der Waals surface area contributed by atoms with Crippen molar-refractivity contribution in [3.8, 4) is 0 Å². The van der Waals surface area contributed by atoms with Gasteiger partial charge in [-0.1, -0.05) is 38.5 Å². The summed E-state index contributed by atoms with van der Waals surface area (Å²) in [4.78, 5) is 8.53. The van der Waals surface area contributed by atoms with Gasteiger partial charge in [0.05, 0.1) is 0 Å². The second kappa shape index (κ2) is 7.46. The van der Waals surface area contributed by atoms with Crippen molar-refractivity contribution < 1.29 is 0 Å². The Labute approximate surface area is 114 Å². The molecule has 1 rings (SSSR count). The van der Waals surface area contributed by atoms with Gasteiger partial charge in [0, 0.05) is 12.1 Å². The standard InChI is InChI=1S/C13H24N4S/c1-9(2)6-5-7-10(3)15-12-8-11(14)16-13(17-12)18-4/h8-10H,5-7H2,1-4H3,(H3,14,15,16,17). The predicted octanol–water partition coefficient (Wildman–Crippen LogP) is 3.41. The lowest BCUT2D eigenvalue weighted by atomic mass is 10.0. The highest BCUT2D eigenvalue weighted by Crippen LogP contribution is 2.17. The van der Waals surface area contributed by atoms with Crippen LogP contribution in [-0.4, -0.2) is 22.3 Å². The van der Waals surface area contributed by atoms with Crippen LogP contribution < -0.4 is 11.1 Å². The molecule has 0 aromatic carbocycles. The number of anilines is 2. The van der Waals surface area contributed by atoms with Gasteiger partial charge in [-0.3, -0.25) is 0 Å². The molecule has 1 aromatic rings. The van der Waals surface area contributed by atoms with Crippen molar-refractivity contribution in [3.05, 3.63) is 6.07 Å². The average molecular weight is 268 g/mol. The van der Waals surface area contributed by atoms with Crippen LogP contribution in [0.5, 0.6) is 0 Å². The molecular formula is C13H24N4S. The molecule has 0 aliphatic heterocycles. The van der Waals surface area contributed by atoms with Gasteiger partial charge in [-0.15, -0.1) is 0 Å². The fourth-order valence-corrected chi connectivity index (χ4v) is 2.15. The van der Waals surface area contributed by atoms with Crippen LogP contribution in [0.2, 0.25) is 0 Å². The molecule has 1 heterocycles. The van der Waals surface area contributed by atoms with E-state index in [4.69, 9.17) is 5.73 Å². The number of hydrogen-bond acceptors (Lipinski definition) is 5. The third kappa shape index (κ3) is 5.58. The first-order chi connectivity index (χ1) is 8.51. The van der Waals surface area contributed by atoms with E-state index in [1.165, 1.54) is 24.6 Å². The molecule has 0 fully saturated rings. The Morgan fingerprint density at radius 1 is 1.28 bits per heavy atom. The molecule has 0 aliphatic carbocycles. The van der Waals surface area contributed by atoms with Crippen LogP contribution in [0.4, 0.5) is 11.6 Å². The van der Waals surface area contributed by atoms with Gasteiger partial charge < -0.3 is 11.1 Å². The number of nitrogens with zero attached hydrogens (tertiary/aromatic N) is 2. The second-order valence-corrected chi connectivity index (χ2v) is 5.81. The Morgan fingerprint density at radius 2 is 2.00 bits per heavy atom. The lowest BCUT2D eigenvalue weighted by molar-refractivity contribution is 0.520. The van der Waals surface area contributed by atoms with E-state index in [-0.39, 0.29) is 0 Å². The third-order valence-corrected chi connectivity index (χ3v) is 3.27. The molecular weight excluding hydrogens is 244 g/mol. The zero-order valence-electron chi connectivity index (χ0n) is 11.7. The van der Waals surface area contributed by atoms with E-state index in [0.717, 1.165) is 18.2 Å². The minimum Gasteiger partial charge on any atom is -0.383 e. The monoisotopic (exact) mass is 268 g/mol. The molecule has 0 spiro atoms. The Kier molecular flexibility index (Phi) is 6.25. The maximum Gasteiger partial charge on any atom is 0.191 e. The summed E-state index contributed by atoms with van der Waals surface area (Å²) in [5.41, 5.74) is 5.75. The number of thioether (sulfide) groups is 1. The Balaban J connectivity index is 2.48. The number of aromatic nitrogens is 2. The molecule has 4 nitrogen and oxygen atoms in total. The number of hydrogen-bond donors (Lipinski definition) is 2.